The van der Waals surface area contributed by atoms with Gasteiger partial charge in [0.2, 0.25) is 0 Å². The van der Waals surface area contributed by atoms with Crippen molar-refractivity contribution in [2.45, 2.75) is 55.9 Å². The SMILES string of the molecule is COc1cc[n+](-c2nc3cc4c(cc3[nH]2)C(C)(C)C(=O)C4(C)C)c(CSSC(c2ccccc2)(c2ccccc2)c2ccccc2)c1C.[Cl-]. The summed E-state index contributed by atoms with van der Waals surface area (Å²) in [4.78, 5) is 22.0. The van der Waals surface area contributed by atoms with Gasteiger partial charge in [0.1, 0.15) is 21.7 Å². The number of carbonyl (C=O) groups excluding carboxylic acids is 1. The number of benzene rings is 4. The van der Waals surface area contributed by atoms with Gasteiger partial charge in [-0.2, -0.15) is 0 Å². The molecule has 0 radical (unpaired) electrons. The number of H-pyrrole nitrogens is 1. The first-order valence-electron chi connectivity index (χ1n) is 16.2. The molecule has 49 heavy (non-hydrogen) atoms. The number of rotatable bonds is 9. The molecule has 0 atom stereocenters. The number of ketones is 1. The lowest BCUT2D eigenvalue weighted by atomic mass is 9.80. The summed E-state index contributed by atoms with van der Waals surface area (Å²) in [5.74, 6) is 2.52. The largest absolute Gasteiger partial charge is 1.00 e. The third-order valence-corrected chi connectivity index (χ3v) is 12.9. The molecule has 0 spiro atoms. The van der Waals surface area contributed by atoms with Crippen molar-refractivity contribution in [3.8, 4) is 11.7 Å². The Kier molecular flexibility index (Phi) is 9.48. The third kappa shape index (κ3) is 5.76. The van der Waals surface area contributed by atoms with Crippen molar-refractivity contribution in [2.75, 3.05) is 7.11 Å². The van der Waals surface area contributed by atoms with Crippen LogP contribution in [0.15, 0.2) is 115 Å². The standard InChI is InChI=1S/C41H40N3O2S2.ClH/c1-27-35(26-47-48-41(28-16-10-7-11-17-28,29-18-12-8-13-19-29)30-20-14-9-15-21-30)44(23-22-36(27)46-6)38-42-33-24-31-32(25-34(33)43-38)40(4,5)37(45)39(31,2)3;/h7-25H,26H2,1-6H3,(H,42,43);1H/q+1;/p-1. The summed E-state index contributed by atoms with van der Waals surface area (Å²) >= 11 is 0. The Labute approximate surface area is 302 Å². The highest BCUT2D eigenvalue weighted by atomic mass is 35.5. The number of fused-ring (bicyclic) bond motifs is 2. The molecule has 0 fully saturated rings. The van der Waals surface area contributed by atoms with Crippen molar-refractivity contribution < 1.29 is 26.5 Å². The predicted molar refractivity (Wildman–Crippen MR) is 198 cm³/mol. The summed E-state index contributed by atoms with van der Waals surface area (Å²) in [7, 11) is 5.41. The van der Waals surface area contributed by atoms with Crippen LogP contribution in [0.25, 0.3) is 17.0 Å². The second kappa shape index (κ2) is 13.3. The maximum atomic E-state index is 13.3. The van der Waals surface area contributed by atoms with Crippen LogP contribution in [0.2, 0.25) is 0 Å². The number of pyridine rings is 1. The highest BCUT2D eigenvalue weighted by Gasteiger charge is 2.51. The van der Waals surface area contributed by atoms with E-state index in [0.717, 1.165) is 45.1 Å². The van der Waals surface area contributed by atoms with E-state index < -0.39 is 15.6 Å². The summed E-state index contributed by atoms with van der Waals surface area (Å²) in [5, 5.41) is 0. The molecule has 4 aromatic carbocycles. The molecule has 0 saturated carbocycles. The number of nitrogens with one attached hydrogen (secondary N) is 1. The number of imidazole rings is 1. The van der Waals surface area contributed by atoms with E-state index in [2.05, 4.69) is 120 Å². The van der Waals surface area contributed by atoms with Gasteiger partial charge in [-0.1, -0.05) is 118 Å². The van der Waals surface area contributed by atoms with Crippen molar-refractivity contribution in [1.82, 2.24) is 9.97 Å². The molecule has 1 aliphatic carbocycles. The van der Waals surface area contributed by atoms with Crippen LogP contribution < -0.4 is 21.7 Å². The summed E-state index contributed by atoms with van der Waals surface area (Å²) in [6, 6.07) is 38.6. The lowest BCUT2D eigenvalue weighted by Crippen LogP contribution is -3.00. The van der Waals surface area contributed by atoms with Crippen LogP contribution in [0.5, 0.6) is 5.75 Å². The van der Waals surface area contributed by atoms with Crippen LogP contribution in [0.3, 0.4) is 0 Å². The second-order valence-electron chi connectivity index (χ2n) is 13.5. The van der Waals surface area contributed by atoms with Crippen LogP contribution in [-0.2, 0) is 26.1 Å². The number of aromatic nitrogens is 3. The molecule has 0 aliphatic heterocycles. The number of methoxy groups -OCH3 is 1. The Hall–Kier alpha value is -4.04. The molecule has 7 rings (SSSR count). The first kappa shape index (κ1) is 34.8. The average molecular weight is 706 g/mol. The van der Waals surface area contributed by atoms with Gasteiger partial charge in [0, 0.05) is 22.5 Å². The van der Waals surface area contributed by atoms with Crippen LogP contribution in [0.1, 0.15) is 66.8 Å². The molecule has 0 unspecified atom stereocenters. The Balaban J connectivity index is 0.00000417. The topological polar surface area (TPSA) is 58.9 Å². The minimum Gasteiger partial charge on any atom is -1.00 e. The van der Waals surface area contributed by atoms with Crippen LogP contribution in [-0.4, -0.2) is 22.9 Å². The Morgan fingerprint density at radius 1 is 0.796 bits per heavy atom. The molecule has 1 aliphatic rings. The van der Waals surface area contributed by atoms with Gasteiger partial charge in [-0.05, 0) is 74.6 Å². The van der Waals surface area contributed by atoms with E-state index in [4.69, 9.17) is 9.72 Å². The number of Topliss-reactive ketones (excluding diaryl/α,β-unsaturated/α-hetero) is 1. The highest BCUT2D eigenvalue weighted by Crippen LogP contribution is 2.54. The monoisotopic (exact) mass is 705 g/mol. The summed E-state index contributed by atoms with van der Waals surface area (Å²) < 4.78 is 7.51. The zero-order valence-corrected chi connectivity index (χ0v) is 31.0. The number of aromatic amines is 1. The maximum Gasteiger partial charge on any atom is 0.402 e. The zero-order chi connectivity index (χ0) is 33.7. The van der Waals surface area contributed by atoms with Crippen LogP contribution >= 0.6 is 21.6 Å². The fourth-order valence-corrected chi connectivity index (χ4v) is 10.6. The molecule has 2 aromatic heterocycles. The third-order valence-electron chi connectivity index (χ3n) is 9.93. The number of ether oxygens (including phenoxy) is 1. The first-order valence-corrected chi connectivity index (χ1v) is 18.6. The van der Waals surface area contributed by atoms with Gasteiger partial charge in [0.25, 0.3) is 0 Å². The Bertz CT molecular complexity index is 1980. The molecule has 6 aromatic rings. The fraction of sp³-hybridized carbons (Fsp3) is 0.244. The normalized spacial score (nSPS) is 14.8. The maximum absolute atomic E-state index is 13.3. The van der Waals surface area contributed by atoms with Gasteiger partial charge < -0.3 is 17.1 Å². The zero-order valence-electron chi connectivity index (χ0n) is 28.6. The summed E-state index contributed by atoms with van der Waals surface area (Å²) in [6.45, 7) is 10.2. The molecule has 5 nitrogen and oxygen atoms in total. The number of nitrogens with zero attached hydrogens (tertiary/aromatic N) is 2. The van der Waals surface area contributed by atoms with E-state index in [9.17, 15) is 4.79 Å². The molecule has 250 valence electrons. The number of hydrogen-bond acceptors (Lipinski definition) is 5. The van der Waals surface area contributed by atoms with E-state index in [1.165, 1.54) is 16.7 Å². The number of halogens is 1. The van der Waals surface area contributed by atoms with Gasteiger partial charge in [-0.15, -0.1) is 0 Å². The minimum absolute atomic E-state index is 0. The Morgan fingerprint density at radius 3 is 1.82 bits per heavy atom. The highest BCUT2D eigenvalue weighted by molar-refractivity contribution is 8.76. The van der Waals surface area contributed by atoms with E-state index >= 15 is 0 Å². The Morgan fingerprint density at radius 2 is 1.31 bits per heavy atom. The molecule has 0 bridgehead atoms. The lowest BCUT2D eigenvalue weighted by Gasteiger charge is -2.34. The van der Waals surface area contributed by atoms with Gasteiger partial charge >= 0.3 is 5.95 Å². The summed E-state index contributed by atoms with van der Waals surface area (Å²) in [6.07, 6.45) is 2.04. The lowest BCUT2D eigenvalue weighted by molar-refractivity contribution is -0.610. The molecule has 0 saturated heterocycles. The van der Waals surface area contributed by atoms with Crippen molar-refractivity contribution in [1.29, 1.82) is 0 Å². The molecule has 2 heterocycles. The van der Waals surface area contributed by atoms with Crippen molar-refractivity contribution >= 4 is 38.4 Å². The molecular weight excluding hydrogens is 666 g/mol. The minimum atomic E-state index is -0.558. The number of hydrogen-bond donors (Lipinski definition) is 1. The molecule has 0 amide bonds. The fourth-order valence-electron chi connectivity index (χ4n) is 7.33. The van der Waals surface area contributed by atoms with Gasteiger partial charge in [-0.3, -0.25) is 4.79 Å². The van der Waals surface area contributed by atoms with E-state index in [1.54, 1.807) is 7.11 Å². The van der Waals surface area contributed by atoms with E-state index in [0.29, 0.717) is 5.75 Å². The van der Waals surface area contributed by atoms with Gasteiger partial charge in [0.05, 0.1) is 19.1 Å². The van der Waals surface area contributed by atoms with Gasteiger partial charge in [-0.25, -0.2) is 9.55 Å². The van der Waals surface area contributed by atoms with Gasteiger partial charge in [0.15, 0.2) is 11.3 Å². The quantitative estimate of drug-likeness (QED) is 0.111. The summed E-state index contributed by atoms with van der Waals surface area (Å²) in [5.41, 5.74) is 8.64. The van der Waals surface area contributed by atoms with Crippen molar-refractivity contribution in [2.24, 2.45) is 0 Å². The number of carbonyl (C=O) groups is 1. The smallest absolute Gasteiger partial charge is 0.402 e. The van der Waals surface area contributed by atoms with Crippen molar-refractivity contribution in [3.63, 3.8) is 0 Å². The van der Waals surface area contributed by atoms with Crippen LogP contribution in [0.4, 0.5) is 0 Å². The van der Waals surface area contributed by atoms with Crippen molar-refractivity contribution in [3.05, 3.63) is 154 Å². The first-order chi connectivity index (χ1) is 23.1. The predicted octanol–water partition coefficient (Wildman–Crippen LogP) is 6.17. The molecule has 8 heteroatoms. The molecule has 1 N–H and O–H groups in total. The average Bonchev–Trinajstić information content (AvgIpc) is 3.58. The van der Waals surface area contributed by atoms with Crippen LogP contribution in [0, 0.1) is 6.92 Å². The molecular formula is C41H40ClN3O2S2. The van der Waals surface area contributed by atoms with E-state index in [-0.39, 0.29) is 18.2 Å². The van der Waals surface area contributed by atoms with E-state index in [1.807, 2.05) is 61.5 Å². The second-order valence-corrected chi connectivity index (χ2v) is 16.0.